The number of carbonyl (C=O) groups is 4. The number of allylic oxidation sites excluding steroid dienone is 1. The number of oxime groups is 1. The van der Waals surface area contributed by atoms with Gasteiger partial charge >= 0.3 is 6.09 Å². The number of alkyl carbamates (subject to hydrolysis) is 1. The number of rotatable bonds is 8. The molecular weight excluding hydrogens is 673 g/mol. The van der Waals surface area contributed by atoms with E-state index in [1.165, 1.54) is 4.90 Å². The van der Waals surface area contributed by atoms with E-state index in [4.69, 9.17) is 14.3 Å². The third-order valence-corrected chi connectivity index (χ3v) is 11.0. The molecule has 1 aromatic heterocycles. The van der Waals surface area contributed by atoms with Crippen molar-refractivity contribution in [2.45, 2.75) is 100 Å². The van der Waals surface area contributed by atoms with Crippen LogP contribution in [0.3, 0.4) is 0 Å². The van der Waals surface area contributed by atoms with Gasteiger partial charge in [-0.3, -0.25) is 19.7 Å². The molecule has 2 saturated carbocycles. The molecule has 4 amide bonds. The zero-order valence-corrected chi connectivity index (χ0v) is 29.5. The van der Waals surface area contributed by atoms with Crippen molar-refractivity contribution in [2.75, 3.05) is 13.7 Å². The average molecular weight is 717 g/mol. The lowest BCUT2D eigenvalue weighted by molar-refractivity contribution is -0.141. The first-order chi connectivity index (χ1) is 24.8. The monoisotopic (exact) mass is 716 g/mol. The summed E-state index contributed by atoms with van der Waals surface area (Å²) >= 11 is 1.59. The molecule has 1 unspecified atom stereocenters. The van der Waals surface area contributed by atoms with Gasteiger partial charge < -0.3 is 29.8 Å². The molecule has 51 heavy (non-hydrogen) atoms. The van der Waals surface area contributed by atoms with Crippen molar-refractivity contribution in [3.05, 3.63) is 53.4 Å². The Labute approximate surface area is 301 Å². The molecule has 2 aromatic rings. The lowest BCUT2D eigenvalue weighted by Gasteiger charge is -2.29. The third-order valence-electron chi connectivity index (χ3n) is 10.1. The molecule has 3 heterocycles. The molecule has 0 spiro atoms. The molecule has 14 heteroatoms. The highest BCUT2D eigenvalue weighted by Gasteiger charge is 2.61. The predicted octanol–water partition coefficient (Wildman–Crippen LogP) is 4.77. The van der Waals surface area contributed by atoms with Crippen LogP contribution in [0, 0.1) is 17.4 Å². The predicted molar refractivity (Wildman–Crippen MR) is 190 cm³/mol. The SMILES string of the molecule is COc1ccc(-c2cccs2)c(/C=N/O[C@@H]2C[C@H]3C(=O)N[C@]4(C(=O)NC#N)CC4/C=C/CCCCC[C@@H](NC(=O)OC4CCCC4)C(=O)N3C2)c1. The molecule has 5 atom stereocenters. The summed E-state index contributed by atoms with van der Waals surface area (Å²) in [5.74, 6) is -1.21. The molecule has 13 nitrogen and oxygen atoms in total. The number of nitriles is 1. The van der Waals surface area contributed by atoms with Crippen LogP contribution in [0.4, 0.5) is 4.79 Å². The Balaban J connectivity index is 1.24. The quantitative estimate of drug-likeness (QED) is 0.115. The van der Waals surface area contributed by atoms with E-state index in [1.54, 1.807) is 30.9 Å². The van der Waals surface area contributed by atoms with Gasteiger partial charge in [0.1, 0.15) is 35.6 Å². The number of thiophene rings is 1. The normalized spacial score (nSPS) is 27.6. The van der Waals surface area contributed by atoms with E-state index < -0.39 is 47.5 Å². The van der Waals surface area contributed by atoms with Crippen LogP contribution in [-0.2, 0) is 24.0 Å². The fraction of sp³-hybridized carbons (Fsp3) is 0.514. The van der Waals surface area contributed by atoms with Gasteiger partial charge in [-0.2, -0.15) is 5.26 Å². The molecule has 3 N–H and O–H groups in total. The number of benzene rings is 1. The summed E-state index contributed by atoms with van der Waals surface area (Å²) in [4.78, 5) is 62.9. The molecule has 2 aliphatic carbocycles. The van der Waals surface area contributed by atoms with Gasteiger partial charge in [0.2, 0.25) is 11.8 Å². The maximum atomic E-state index is 14.3. The first-order valence-corrected chi connectivity index (χ1v) is 18.6. The summed E-state index contributed by atoms with van der Waals surface area (Å²) in [6.45, 7) is 0.0285. The maximum absolute atomic E-state index is 14.3. The Kier molecular flexibility index (Phi) is 11.6. The summed E-state index contributed by atoms with van der Waals surface area (Å²) in [7, 11) is 1.59. The van der Waals surface area contributed by atoms with Crippen LogP contribution in [0.2, 0.25) is 0 Å². The summed E-state index contributed by atoms with van der Waals surface area (Å²) in [6.07, 6.45) is 13.1. The number of hydrogen-bond acceptors (Lipinski definition) is 10. The Hall–Kier alpha value is -4.90. The minimum Gasteiger partial charge on any atom is -0.497 e. The highest BCUT2D eigenvalue weighted by molar-refractivity contribution is 7.13. The van der Waals surface area contributed by atoms with Crippen LogP contribution in [-0.4, -0.2) is 78.4 Å². The first-order valence-electron chi connectivity index (χ1n) is 17.7. The highest BCUT2D eigenvalue weighted by Crippen LogP contribution is 2.45. The van der Waals surface area contributed by atoms with Crippen LogP contribution in [0.5, 0.6) is 5.75 Å². The van der Waals surface area contributed by atoms with E-state index in [2.05, 4.69) is 21.1 Å². The number of nitrogens with one attached hydrogen (secondary N) is 3. The van der Waals surface area contributed by atoms with Crippen molar-refractivity contribution in [2.24, 2.45) is 11.1 Å². The molecule has 6 rings (SSSR count). The molecule has 1 aromatic carbocycles. The van der Waals surface area contributed by atoms with Crippen molar-refractivity contribution < 1.29 is 33.5 Å². The molecule has 1 saturated heterocycles. The second-order valence-electron chi connectivity index (χ2n) is 13.5. The number of ether oxygens (including phenoxy) is 2. The Morgan fingerprint density at radius 1 is 1.12 bits per heavy atom. The van der Waals surface area contributed by atoms with Crippen LogP contribution in [0.1, 0.15) is 76.2 Å². The first kappa shape index (κ1) is 35.9. The zero-order chi connectivity index (χ0) is 35.8. The molecule has 4 aliphatic rings. The average Bonchev–Trinajstić information content (AvgIpc) is 3.63. The van der Waals surface area contributed by atoms with Crippen LogP contribution >= 0.6 is 11.3 Å². The largest absolute Gasteiger partial charge is 0.497 e. The standard InChI is InChI=1S/C37H44N6O7S/c1-48-27-15-16-29(32-14-9-17-51-32)24(18-27)21-40-50-28-19-31-33(44)42-37(35(46)39-23-38)20-25(37)10-5-3-2-4-6-13-30(34(45)43(31)22-28)41-36(47)49-26-11-7-8-12-26/h5,9-10,14-18,21,25-26,28,30-31H,2-4,6-8,11-13,19-20,22H2,1H3,(H,39,46)(H,41,47)(H,42,44)/b10-5+,40-21+/t25?,28-,30-,31+,37-/m1/s1. The van der Waals surface area contributed by atoms with Gasteiger partial charge in [0, 0.05) is 28.3 Å². The van der Waals surface area contributed by atoms with E-state index in [-0.39, 0.29) is 25.0 Å². The summed E-state index contributed by atoms with van der Waals surface area (Å²) in [5.41, 5.74) is 0.406. The number of fused-ring (bicyclic) bond motifs is 2. The van der Waals surface area contributed by atoms with Crippen LogP contribution in [0.25, 0.3) is 10.4 Å². The zero-order valence-electron chi connectivity index (χ0n) is 28.7. The van der Waals surface area contributed by atoms with Crippen molar-refractivity contribution in [1.82, 2.24) is 20.9 Å². The van der Waals surface area contributed by atoms with Crippen molar-refractivity contribution in [3.63, 3.8) is 0 Å². The van der Waals surface area contributed by atoms with Crippen molar-refractivity contribution in [3.8, 4) is 22.4 Å². The van der Waals surface area contributed by atoms with E-state index in [9.17, 15) is 24.4 Å². The molecule has 270 valence electrons. The van der Waals surface area contributed by atoms with Gasteiger partial charge in [-0.25, -0.2) is 4.79 Å². The topological polar surface area (TPSA) is 171 Å². The number of hydrogen-bond donors (Lipinski definition) is 3. The molecule has 0 bridgehead atoms. The Morgan fingerprint density at radius 3 is 2.71 bits per heavy atom. The number of nitrogens with zero attached hydrogens (tertiary/aromatic N) is 3. The lowest BCUT2D eigenvalue weighted by atomic mass is 10.0. The minimum atomic E-state index is -1.30. The summed E-state index contributed by atoms with van der Waals surface area (Å²) < 4.78 is 11.1. The van der Waals surface area contributed by atoms with Crippen molar-refractivity contribution >= 4 is 41.4 Å². The Morgan fingerprint density at radius 2 is 1.94 bits per heavy atom. The van der Waals surface area contributed by atoms with Gasteiger partial charge in [-0.15, -0.1) is 11.3 Å². The van der Waals surface area contributed by atoms with Gasteiger partial charge in [-0.1, -0.05) is 36.2 Å². The Bertz CT molecular complexity index is 1680. The molecule has 2 aliphatic heterocycles. The molecular formula is C37H44N6O7S. The number of carbonyl (C=O) groups excluding carboxylic acids is 4. The molecule has 3 fully saturated rings. The molecule has 0 radical (unpaired) electrons. The van der Waals surface area contributed by atoms with Gasteiger partial charge in [0.05, 0.1) is 19.9 Å². The van der Waals surface area contributed by atoms with Gasteiger partial charge in [0.25, 0.3) is 5.91 Å². The smallest absolute Gasteiger partial charge is 0.408 e. The minimum absolute atomic E-state index is 0.0285. The number of methoxy groups -OCH3 is 1. The van der Waals surface area contributed by atoms with E-state index in [0.717, 1.165) is 60.9 Å². The van der Waals surface area contributed by atoms with E-state index in [0.29, 0.717) is 25.0 Å². The van der Waals surface area contributed by atoms with Gasteiger partial charge in [-0.05, 0) is 81.0 Å². The summed E-state index contributed by atoms with van der Waals surface area (Å²) in [6, 6.07) is 7.70. The van der Waals surface area contributed by atoms with Crippen LogP contribution < -0.4 is 20.7 Å². The van der Waals surface area contributed by atoms with E-state index in [1.807, 2.05) is 47.9 Å². The highest BCUT2D eigenvalue weighted by atomic mass is 32.1. The fourth-order valence-electron chi connectivity index (χ4n) is 7.26. The summed E-state index contributed by atoms with van der Waals surface area (Å²) in [5, 5.41) is 23.4. The van der Waals surface area contributed by atoms with E-state index >= 15 is 0 Å². The lowest BCUT2D eigenvalue weighted by Crippen LogP contribution is -2.57. The van der Waals surface area contributed by atoms with Gasteiger partial charge in [0.15, 0.2) is 6.19 Å². The second kappa shape index (κ2) is 16.4. The number of amides is 4. The second-order valence-corrected chi connectivity index (χ2v) is 14.5. The van der Waals surface area contributed by atoms with Crippen LogP contribution in [0.15, 0.2) is 53.0 Å². The fourth-order valence-corrected chi connectivity index (χ4v) is 8.03. The van der Waals surface area contributed by atoms with Crippen molar-refractivity contribution in [1.29, 1.82) is 5.26 Å². The maximum Gasteiger partial charge on any atom is 0.408 e. The third kappa shape index (κ3) is 8.53.